The number of hydrogen-bond donors (Lipinski definition) is 2. The summed E-state index contributed by atoms with van der Waals surface area (Å²) in [5, 5.41) is 16.7. The van der Waals surface area contributed by atoms with Crippen LogP contribution in [0.15, 0.2) is 34.8 Å². The number of rotatable bonds is 5. The molecule has 2 aromatic rings. The molecule has 0 saturated heterocycles. The molecule has 0 spiro atoms. The van der Waals surface area contributed by atoms with Gasteiger partial charge in [0.05, 0.1) is 10.6 Å². The molecule has 0 saturated carbocycles. The molecule has 0 aliphatic carbocycles. The Bertz CT molecular complexity index is 661. The second kappa shape index (κ2) is 6.49. The first kappa shape index (κ1) is 15.2. The fourth-order valence-corrected chi connectivity index (χ4v) is 2.15. The van der Waals surface area contributed by atoms with Crippen molar-refractivity contribution >= 4 is 38.9 Å². The Morgan fingerprint density at radius 1 is 1.38 bits per heavy atom. The van der Waals surface area contributed by atoms with Crippen molar-refractivity contribution < 1.29 is 9.31 Å². The molecule has 1 heterocycles. The highest BCUT2D eigenvalue weighted by Gasteiger charge is 2.18. The van der Waals surface area contributed by atoms with Crippen molar-refractivity contribution in [1.82, 2.24) is 4.98 Å². The minimum Gasteiger partial charge on any atom is -0.370 e. The summed E-state index contributed by atoms with van der Waals surface area (Å²) in [7, 11) is 0. The van der Waals surface area contributed by atoms with E-state index < -0.39 is 10.7 Å². The largest absolute Gasteiger partial charge is 0.370 e. The number of halogens is 2. The highest BCUT2D eigenvalue weighted by molar-refractivity contribution is 9.10. The topological polar surface area (TPSA) is 80.1 Å². The Kier molecular flexibility index (Phi) is 4.69. The van der Waals surface area contributed by atoms with E-state index in [1.165, 1.54) is 24.3 Å². The summed E-state index contributed by atoms with van der Waals surface area (Å²) in [6.45, 7) is 2.50. The molecule has 1 aromatic heterocycles. The second-order valence-corrected chi connectivity index (χ2v) is 4.93. The van der Waals surface area contributed by atoms with Crippen molar-refractivity contribution in [3.05, 3.63) is 50.7 Å². The predicted molar refractivity (Wildman–Crippen MR) is 82.4 cm³/mol. The average molecular weight is 355 g/mol. The minimum atomic E-state index is -0.570. The third-order valence-corrected chi connectivity index (χ3v) is 3.30. The summed E-state index contributed by atoms with van der Waals surface area (Å²) < 4.78 is 14.3. The van der Waals surface area contributed by atoms with Gasteiger partial charge in [-0.2, -0.15) is 0 Å². The van der Waals surface area contributed by atoms with Crippen molar-refractivity contribution in [1.29, 1.82) is 0 Å². The summed E-state index contributed by atoms with van der Waals surface area (Å²) in [5.41, 5.74) is -0.131. The fraction of sp³-hybridized carbons (Fsp3) is 0.154. The minimum absolute atomic E-state index is 0.0238. The smallest absolute Gasteiger partial charge is 0.311 e. The molecule has 8 heteroatoms. The maximum atomic E-state index is 13.8. The maximum Gasteiger partial charge on any atom is 0.311 e. The monoisotopic (exact) mass is 354 g/mol. The van der Waals surface area contributed by atoms with E-state index in [0.717, 1.165) is 0 Å². The van der Waals surface area contributed by atoms with Crippen LogP contribution in [0.5, 0.6) is 0 Å². The number of nitrogens with one attached hydrogen (secondary N) is 2. The van der Waals surface area contributed by atoms with E-state index in [0.29, 0.717) is 16.8 Å². The number of hydrogen-bond acceptors (Lipinski definition) is 5. The number of anilines is 3. The SMILES string of the molecule is CCNc1ccc([N+](=O)[O-])c(Nc2c(F)cccc2Br)n1. The number of para-hydroxylation sites is 1. The van der Waals surface area contributed by atoms with Crippen LogP contribution < -0.4 is 10.6 Å². The number of nitrogens with zero attached hydrogens (tertiary/aromatic N) is 2. The van der Waals surface area contributed by atoms with Gasteiger partial charge >= 0.3 is 5.69 Å². The van der Waals surface area contributed by atoms with Gasteiger partial charge in [-0.05, 0) is 41.1 Å². The maximum absolute atomic E-state index is 13.8. The number of aromatic nitrogens is 1. The van der Waals surface area contributed by atoms with Crippen LogP contribution in [-0.4, -0.2) is 16.5 Å². The van der Waals surface area contributed by atoms with Crippen LogP contribution >= 0.6 is 15.9 Å². The lowest BCUT2D eigenvalue weighted by molar-refractivity contribution is -0.384. The number of benzene rings is 1. The highest BCUT2D eigenvalue weighted by atomic mass is 79.9. The summed E-state index contributed by atoms with van der Waals surface area (Å²) in [6.07, 6.45) is 0. The van der Waals surface area contributed by atoms with Crippen LogP contribution in [0.2, 0.25) is 0 Å². The molecule has 2 N–H and O–H groups in total. The summed E-state index contributed by atoms with van der Waals surface area (Å²) in [5.74, 6) is -0.0864. The van der Waals surface area contributed by atoms with Gasteiger partial charge in [-0.3, -0.25) is 10.1 Å². The Labute approximate surface area is 128 Å². The van der Waals surface area contributed by atoms with Gasteiger partial charge in [-0.1, -0.05) is 6.07 Å². The first-order chi connectivity index (χ1) is 10.0. The van der Waals surface area contributed by atoms with E-state index in [1.54, 1.807) is 6.07 Å². The van der Waals surface area contributed by atoms with Gasteiger partial charge in [0, 0.05) is 17.1 Å². The molecule has 0 aliphatic rings. The Hall–Kier alpha value is -2.22. The fourth-order valence-electron chi connectivity index (χ4n) is 1.71. The van der Waals surface area contributed by atoms with E-state index in [1.807, 2.05) is 6.92 Å². The van der Waals surface area contributed by atoms with Crippen LogP contribution in [-0.2, 0) is 0 Å². The highest BCUT2D eigenvalue weighted by Crippen LogP contribution is 2.32. The van der Waals surface area contributed by atoms with Gasteiger partial charge in [-0.15, -0.1) is 0 Å². The van der Waals surface area contributed by atoms with Crippen LogP contribution in [0.4, 0.5) is 27.4 Å². The molecule has 0 fully saturated rings. The molecule has 0 atom stereocenters. The quantitative estimate of drug-likeness (QED) is 0.624. The summed E-state index contributed by atoms with van der Waals surface area (Å²) in [4.78, 5) is 14.6. The van der Waals surface area contributed by atoms with Gasteiger partial charge in [0.15, 0.2) is 0 Å². The van der Waals surface area contributed by atoms with Gasteiger partial charge < -0.3 is 10.6 Å². The van der Waals surface area contributed by atoms with Crippen LogP contribution in [0.25, 0.3) is 0 Å². The molecular formula is C13H12BrFN4O2. The van der Waals surface area contributed by atoms with E-state index in [-0.39, 0.29) is 17.2 Å². The summed E-state index contributed by atoms with van der Waals surface area (Å²) >= 11 is 3.20. The zero-order valence-electron chi connectivity index (χ0n) is 11.1. The first-order valence-electron chi connectivity index (χ1n) is 6.13. The van der Waals surface area contributed by atoms with Crippen molar-refractivity contribution in [2.24, 2.45) is 0 Å². The van der Waals surface area contributed by atoms with Gasteiger partial charge in [-0.25, -0.2) is 9.37 Å². The molecule has 0 aliphatic heterocycles. The van der Waals surface area contributed by atoms with Crippen molar-refractivity contribution in [2.45, 2.75) is 6.92 Å². The molecular weight excluding hydrogens is 343 g/mol. The summed E-state index contributed by atoms with van der Waals surface area (Å²) in [6, 6.07) is 7.24. The molecule has 0 amide bonds. The van der Waals surface area contributed by atoms with Gasteiger partial charge in [0.25, 0.3) is 0 Å². The lowest BCUT2D eigenvalue weighted by Gasteiger charge is -2.11. The first-order valence-corrected chi connectivity index (χ1v) is 6.92. The molecule has 2 rings (SSSR count). The van der Waals surface area contributed by atoms with Crippen LogP contribution in [0, 0.1) is 15.9 Å². The third-order valence-electron chi connectivity index (χ3n) is 2.63. The molecule has 0 bridgehead atoms. The lowest BCUT2D eigenvalue weighted by Crippen LogP contribution is -2.05. The standard InChI is InChI=1S/C13H12BrFN4O2/c1-2-16-11-7-6-10(19(20)21)13(17-11)18-12-8(14)4-3-5-9(12)15/h3-7H,2H2,1H3,(H2,16,17,18). The molecule has 110 valence electrons. The normalized spacial score (nSPS) is 10.2. The van der Waals surface area contributed by atoms with Gasteiger partial charge in [0.2, 0.25) is 5.82 Å². The van der Waals surface area contributed by atoms with E-state index in [9.17, 15) is 14.5 Å². The Balaban J connectivity index is 2.46. The van der Waals surface area contributed by atoms with Gasteiger partial charge in [0.1, 0.15) is 11.6 Å². The average Bonchev–Trinajstić information content (AvgIpc) is 2.43. The van der Waals surface area contributed by atoms with Crippen molar-refractivity contribution in [2.75, 3.05) is 17.2 Å². The number of nitro groups is 1. The molecule has 0 radical (unpaired) electrons. The van der Waals surface area contributed by atoms with E-state index >= 15 is 0 Å². The molecule has 0 unspecified atom stereocenters. The van der Waals surface area contributed by atoms with Crippen LogP contribution in [0.1, 0.15) is 6.92 Å². The van der Waals surface area contributed by atoms with Crippen LogP contribution in [0.3, 0.4) is 0 Å². The van der Waals surface area contributed by atoms with E-state index in [4.69, 9.17) is 0 Å². The Morgan fingerprint density at radius 2 is 2.14 bits per heavy atom. The zero-order chi connectivity index (χ0) is 15.4. The molecule has 1 aromatic carbocycles. The predicted octanol–water partition coefficient (Wildman–Crippen LogP) is 4.07. The third kappa shape index (κ3) is 3.46. The molecule has 21 heavy (non-hydrogen) atoms. The number of pyridine rings is 1. The van der Waals surface area contributed by atoms with Crippen molar-refractivity contribution in [3.63, 3.8) is 0 Å². The molecule has 6 nitrogen and oxygen atoms in total. The Morgan fingerprint density at radius 3 is 2.76 bits per heavy atom. The second-order valence-electron chi connectivity index (χ2n) is 4.07. The van der Waals surface area contributed by atoms with Crippen molar-refractivity contribution in [3.8, 4) is 0 Å². The lowest BCUT2D eigenvalue weighted by atomic mass is 10.3. The van der Waals surface area contributed by atoms with E-state index in [2.05, 4.69) is 31.5 Å². The zero-order valence-corrected chi connectivity index (χ0v) is 12.6.